The number of rotatable bonds is 3. The van der Waals surface area contributed by atoms with Crippen molar-refractivity contribution in [3.63, 3.8) is 0 Å². The van der Waals surface area contributed by atoms with E-state index in [-0.39, 0.29) is 17.4 Å². The largest absolute Gasteiger partial charge is 0.478 e. The molecule has 150 valence electrons. The van der Waals surface area contributed by atoms with E-state index in [1.165, 1.54) is 0 Å². The van der Waals surface area contributed by atoms with Gasteiger partial charge in [0.05, 0.1) is 11.3 Å². The lowest BCUT2D eigenvalue weighted by Gasteiger charge is -2.33. The normalized spacial score (nSPS) is 16.9. The van der Waals surface area contributed by atoms with E-state index < -0.39 is 5.97 Å². The van der Waals surface area contributed by atoms with Crippen molar-refractivity contribution in [2.24, 2.45) is 0 Å². The third-order valence-corrected chi connectivity index (χ3v) is 5.62. The van der Waals surface area contributed by atoms with Gasteiger partial charge in [-0.1, -0.05) is 12.1 Å². The summed E-state index contributed by atoms with van der Waals surface area (Å²) in [6, 6.07) is 8.92. The zero-order chi connectivity index (χ0) is 20.7. The number of hydrogen-bond donors (Lipinski definition) is 1. The van der Waals surface area contributed by atoms with Crippen molar-refractivity contribution in [2.75, 3.05) is 13.1 Å². The van der Waals surface area contributed by atoms with Crippen molar-refractivity contribution in [1.82, 2.24) is 19.5 Å². The van der Waals surface area contributed by atoms with E-state index in [2.05, 4.69) is 10.1 Å². The Kier molecular flexibility index (Phi) is 4.82. The molecule has 4 rings (SSSR count). The van der Waals surface area contributed by atoms with E-state index in [4.69, 9.17) is 5.11 Å². The summed E-state index contributed by atoms with van der Waals surface area (Å²) in [5, 5.41) is 13.6. The van der Waals surface area contributed by atoms with Crippen molar-refractivity contribution in [2.45, 2.75) is 39.5 Å². The summed E-state index contributed by atoms with van der Waals surface area (Å²) in [6.07, 6.45) is 1.88. The molecule has 1 fully saturated rings. The third kappa shape index (κ3) is 3.48. The Morgan fingerprint density at radius 2 is 1.86 bits per heavy atom. The number of hydrogen-bond acceptors (Lipinski definition) is 4. The van der Waals surface area contributed by atoms with E-state index >= 15 is 0 Å². The van der Waals surface area contributed by atoms with Gasteiger partial charge in [-0.3, -0.25) is 4.79 Å². The highest BCUT2D eigenvalue weighted by Crippen LogP contribution is 2.29. The van der Waals surface area contributed by atoms with Crippen molar-refractivity contribution < 1.29 is 14.7 Å². The van der Waals surface area contributed by atoms with Crippen LogP contribution in [0.25, 0.3) is 5.65 Å². The molecule has 0 aliphatic carbocycles. The standard InChI is InChI=1S/C22H24N4O3/c1-13-11-14(2)26-20(23-13)19(15(3)24-26)21(27)25-10-4-5-18(12-25)16-6-8-17(9-7-16)22(28)29/h6-9,11,18H,4-5,10,12H2,1-3H3,(H,28,29)/t18-/m0/s1. The topological polar surface area (TPSA) is 87.8 Å². The second-order valence-corrected chi connectivity index (χ2v) is 7.75. The van der Waals surface area contributed by atoms with Gasteiger partial charge in [-0.25, -0.2) is 14.3 Å². The number of aromatic carboxylic acids is 1. The second kappa shape index (κ2) is 7.31. The van der Waals surface area contributed by atoms with Crippen LogP contribution < -0.4 is 0 Å². The summed E-state index contributed by atoms with van der Waals surface area (Å²) in [6.45, 7) is 7.03. The SMILES string of the molecule is Cc1cc(C)n2nc(C)c(C(=O)N3CCC[C@H](c4ccc(C(=O)O)cc4)C3)c2n1. The van der Waals surface area contributed by atoms with Gasteiger partial charge >= 0.3 is 5.97 Å². The first-order chi connectivity index (χ1) is 13.8. The van der Waals surface area contributed by atoms with Gasteiger partial charge in [0.15, 0.2) is 5.65 Å². The molecule has 0 spiro atoms. The molecule has 1 aliphatic rings. The molecule has 0 radical (unpaired) electrons. The van der Waals surface area contributed by atoms with Gasteiger partial charge in [-0.15, -0.1) is 0 Å². The Morgan fingerprint density at radius 1 is 1.14 bits per heavy atom. The molecule has 2 aromatic heterocycles. The van der Waals surface area contributed by atoms with Crippen molar-refractivity contribution in [3.8, 4) is 0 Å². The number of aryl methyl sites for hydroxylation is 3. The Hall–Kier alpha value is -3.22. The van der Waals surface area contributed by atoms with Crippen LogP contribution in [-0.2, 0) is 0 Å². The molecule has 7 heteroatoms. The summed E-state index contributed by atoms with van der Waals surface area (Å²) in [7, 11) is 0. The van der Waals surface area contributed by atoms with Gasteiger partial charge < -0.3 is 10.0 Å². The monoisotopic (exact) mass is 392 g/mol. The Labute approximate surface area is 169 Å². The molecule has 1 saturated heterocycles. The number of nitrogens with zero attached hydrogens (tertiary/aromatic N) is 4. The number of likely N-dealkylation sites (tertiary alicyclic amines) is 1. The van der Waals surface area contributed by atoms with E-state index in [9.17, 15) is 9.59 Å². The number of carboxylic acid groups (broad SMARTS) is 1. The van der Waals surface area contributed by atoms with Crippen LogP contribution in [0.2, 0.25) is 0 Å². The molecule has 29 heavy (non-hydrogen) atoms. The van der Waals surface area contributed by atoms with Gasteiger partial charge in [0.25, 0.3) is 5.91 Å². The molecule has 1 N–H and O–H groups in total. The smallest absolute Gasteiger partial charge is 0.335 e. The number of aromatic nitrogens is 3. The quantitative estimate of drug-likeness (QED) is 0.738. The molecule has 1 aromatic carbocycles. The first-order valence-electron chi connectivity index (χ1n) is 9.81. The molecular weight excluding hydrogens is 368 g/mol. The first-order valence-corrected chi connectivity index (χ1v) is 9.81. The maximum atomic E-state index is 13.4. The molecule has 1 atom stereocenters. The number of fused-ring (bicyclic) bond motifs is 1. The fourth-order valence-corrected chi connectivity index (χ4v) is 4.17. The van der Waals surface area contributed by atoms with Crippen LogP contribution in [0.4, 0.5) is 0 Å². The predicted molar refractivity (Wildman–Crippen MR) is 108 cm³/mol. The first kappa shape index (κ1) is 19.1. The average molecular weight is 392 g/mol. The van der Waals surface area contributed by atoms with Crippen LogP contribution in [0, 0.1) is 20.8 Å². The maximum absolute atomic E-state index is 13.4. The van der Waals surface area contributed by atoms with Gasteiger partial charge in [0.1, 0.15) is 5.56 Å². The Bertz CT molecular complexity index is 1100. The minimum atomic E-state index is -0.932. The van der Waals surface area contributed by atoms with E-state index in [0.29, 0.717) is 30.0 Å². The average Bonchev–Trinajstić information content (AvgIpc) is 3.04. The minimum absolute atomic E-state index is 0.0399. The fourth-order valence-electron chi connectivity index (χ4n) is 4.17. The van der Waals surface area contributed by atoms with Crippen molar-refractivity contribution >= 4 is 17.5 Å². The number of amides is 1. The summed E-state index contributed by atoms with van der Waals surface area (Å²) in [5.74, 6) is -0.783. The molecule has 3 heterocycles. The molecule has 1 aliphatic heterocycles. The van der Waals surface area contributed by atoms with Crippen LogP contribution in [0.5, 0.6) is 0 Å². The minimum Gasteiger partial charge on any atom is -0.478 e. The lowest BCUT2D eigenvalue weighted by atomic mass is 9.90. The molecular formula is C22H24N4O3. The molecule has 0 unspecified atom stereocenters. The zero-order valence-electron chi connectivity index (χ0n) is 16.8. The lowest BCUT2D eigenvalue weighted by molar-refractivity contribution is 0.0693. The molecule has 3 aromatic rings. The predicted octanol–water partition coefficient (Wildman–Crippen LogP) is 3.37. The number of piperidine rings is 1. The number of carbonyl (C=O) groups excluding carboxylic acids is 1. The van der Waals surface area contributed by atoms with Crippen LogP contribution in [0.3, 0.4) is 0 Å². The third-order valence-electron chi connectivity index (χ3n) is 5.62. The number of carboxylic acids is 1. The van der Waals surface area contributed by atoms with Crippen LogP contribution >= 0.6 is 0 Å². The summed E-state index contributed by atoms with van der Waals surface area (Å²) in [4.78, 5) is 30.9. The fraction of sp³-hybridized carbons (Fsp3) is 0.364. The number of carbonyl (C=O) groups is 2. The number of benzene rings is 1. The molecule has 0 saturated carbocycles. The van der Waals surface area contributed by atoms with E-state index in [1.54, 1.807) is 16.6 Å². The summed E-state index contributed by atoms with van der Waals surface area (Å²) in [5.41, 5.74) is 5.01. The lowest BCUT2D eigenvalue weighted by Crippen LogP contribution is -2.39. The maximum Gasteiger partial charge on any atom is 0.335 e. The summed E-state index contributed by atoms with van der Waals surface area (Å²) < 4.78 is 1.74. The van der Waals surface area contributed by atoms with Gasteiger partial charge in [0, 0.05) is 30.4 Å². The molecule has 7 nitrogen and oxygen atoms in total. The van der Waals surface area contributed by atoms with Crippen LogP contribution in [-0.4, -0.2) is 49.6 Å². The van der Waals surface area contributed by atoms with Crippen LogP contribution in [0.15, 0.2) is 30.3 Å². The zero-order valence-corrected chi connectivity index (χ0v) is 16.8. The Morgan fingerprint density at radius 3 is 2.55 bits per heavy atom. The highest BCUT2D eigenvalue weighted by molar-refractivity contribution is 6.01. The van der Waals surface area contributed by atoms with Gasteiger partial charge in [-0.05, 0) is 57.4 Å². The van der Waals surface area contributed by atoms with E-state index in [0.717, 1.165) is 29.8 Å². The second-order valence-electron chi connectivity index (χ2n) is 7.75. The van der Waals surface area contributed by atoms with E-state index in [1.807, 2.05) is 43.9 Å². The highest BCUT2D eigenvalue weighted by Gasteiger charge is 2.29. The Balaban J connectivity index is 1.62. The van der Waals surface area contributed by atoms with Gasteiger partial charge in [0.2, 0.25) is 0 Å². The molecule has 0 bridgehead atoms. The highest BCUT2D eigenvalue weighted by atomic mass is 16.4. The van der Waals surface area contributed by atoms with Gasteiger partial charge in [-0.2, -0.15) is 5.10 Å². The molecule has 1 amide bonds. The van der Waals surface area contributed by atoms with Crippen molar-refractivity contribution in [3.05, 3.63) is 64.1 Å². The summed E-state index contributed by atoms with van der Waals surface area (Å²) >= 11 is 0. The van der Waals surface area contributed by atoms with Crippen molar-refractivity contribution in [1.29, 1.82) is 0 Å². The van der Waals surface area contributed by atoms with Crippen LogP contribution in [0.1, 0.15) is 62.1 Å².